The lowest BCUT2D eigenvalue weighted by Crippen LogP contribution is -2.49. The van der Waals surface area contributed by atoms with Crippen molar-refractivity contribution in [3.05, 3.63) is 0 Å². The van der Waals surface area contributed by atoms with Crippen LogP contribution in [-0.4, -0.2) is 17.7 Å². The second-order valence-corrected chi connectivity index (χ2v) is 5.67. The van der Waals surface area contributed by atoms with Gasteiger partial charge in [-0.2, -0.15) is 0 Å². The van der Waals surface area contributed by atoms with E-state index in [1.54, 1.807) is 13.8 Å². The number of esters is 2. The highest BCUT2D eigenvalue weighted by atomic mass is 16.7. The summed E-state index contributed by atoms with van der Waals surface area (Å²) in [6.07, 6.45) is 0.775. The lowest BCUT2D eigenvalue weighted by Gasteiger charge is -2.34. The van der Waals surface area contributed by atoms with Gasteiger partial charge in [-0.25, -0.2) is 0 Å². The van der Waals surface area contributed by atoms with E-state index < -0.39 is 23.1 Å². The predicted molar refractivity (Wildman–Crippen MR) is 56.3 cm³/mol. The van der Waals surface area contributed by atoms with Crippen LogP contribution in [0, 0.1) is 16.7 Å². The molecular formula is C12H18O4. The molecule has 0 aromatic rings. The maximum absolute atomic E-state index is 12.1. The Balaban J connectivity index is 2.39. The van der Waals surface area contributed by atoms with Crippen LogP contribution < -0.4 is 0 Å². The van der Waals surface area contributed by atoms with Crippen LogP contribution in [0.2, 0.25) is 0 Å². The maximum atomic E-state index is 12.1. The Kier molecular flexibility index (Phi) is 1.99. The molecule has 1 aliphatic heterocycles. The van der Waals surface area contributed by atoms with Gasteiger partial charge in [-0.3, -0.25) is 9.59 Å². The molecule has 1 saturated heterocycles. The van der Waals surface area contributed by atoms with E-state index in [-0.39, 0.29) is 11.3 Å². The van der Waals surface area contributed by atoms with Gasteiger partial charge in [-0.1, -0.05) is 27.2 Å². The fraction of sp³-hybridized carbons (Fsp3) is 0.833. The van der Waals surface area contributed by atoms with E-state index in [9.17, 15) is 9.59 Å². The minimum absolute atomic E-state index is 0.0242. The van der Waals surface area contributed by atoms with Gasteiger partial charge in [-0.05, 0) is 11.3 Å². The highest BCUT2D eigenvalue weighted by Gasteiger charge is 2.83. The van der Waals surface area contributed by atoms with Crippen molar-refractivity contribution in [2.75, 3.05) is 0 Å². The number of hydrogen-bond donors (Lipinski definition) is 0. The first-order valence-electron chi connectivity index (χ1n) is 5.67. The third-order valence-corrected chi connectivity index (χ3v) is 4.06. The number of ether oxygens (including phenoxy) is 2. The Morgan fingerprint density at radius 2 is 1.50 bits per heavy atom. The van der Waals surface area contributed by atoms with Gasteiger partial charge in [0.15, 0.2) is 5.41 Å². The van der Waals surface area contributed by atoms with E-state index in [1.807, 2.05) is 20.8 Å². The smallest absolute Gasteiger partial charge is 0.327 e. The van der Waals surface area contributed by atoms with Crippen molar-refractivity contribution in [1.29, 1.82) is 0 Å². The average molecular weight is 226 g/mol. The summed E-state index contributed by atoms with van der Waals surface area (Å²) in [5, 5.41) is 0. The molecule has 90 valence electrons. The Morgan fingerprint density at radius 1 is 1.06 bits per heavy atom. The summed E-state index contributed by atoms with van der Waals surface area (Å²) >= 11 is 0. The zero-order valence-electron chi connectivity index (χ0n) is 10.4. The molecule has 0 aromatic carbocycles. The van der Waals surface area contributed by atoms with Gasteiger partial charge in [0.25, 0.3) is 5.79 Å². The Bertz CT molecular complexity index is 347. The van der Waals surface area contributed by atoms with E-state index >= 15 is 0 Å². The highest BCUT2D eigenvalue weighted by molar-refractivity contribution is 6.07. The number of cyclic esters (lactones) is 2. The quantitative estimate of drug-likeness (QED) is 0.506. The van der Waals surface area contributed by atoms with Crippen LogP contribution >= 0.6 is 0 Å². The van der Waals surface area contributed by atoms with Crippen LogP contribution in [0.3, 0.4) is 0 Å². The molecule has 2 aliphatic rings. The lowest BCUT2D eigenvalue weighted by atomic mass is 9.94. The topological polar surface area (TPSA) is 52.6 Å². The van der Waals surface area contributed by atoms with Crippen LogP contribution in [0.1, 0.15) is 41.0 Å². The van der Waals surface area contributed by atoms with Crippen LogP contribution in [0.25, 0.3) is 0 Å². The van der Waals surface area contributed by atoms with Crippen LogP contribution in [-0.2, 0) is 19.1 Å². The molecule has 0 N–H and O–H groups in total. The Hall–Kier alpha value is -1.06. The molecule has 4 nitrogen and oxygen atoms in total. The number of carbonyl (C=O) groups is 2. The van der Waals surface area contributed by atoms with Crippen molar-refractivity contribution >= 4 is 11.9 Å². The normalized spacial score (nSPS) is 33.2. The Morgan fingerprint density at radius 3 is 1.81 bits per heavy atom. The van der Waals surface area contributed by atoms with Crippen LogP contribution in [0.5, 0.6) is 0 Å². The first-order valence-corrected chi connectivity index (χ1v) is 5.67. The first kappa shape index (κ1) is 11.4. The van der Waals surface area contributed by atoms with Gasteiger partial charge in [0.2, 0.25) is 0 Å². The molecular weight excluding hydrogens is 208 g/mol. The van der Waals surface area contributed by atoms with Gasteiger partial charge in [0.05, 0.1) is 0 Å². The highest BCUT2D eigenvalue weighted by Crippen LogP contribution is 2.72. The lowest BCUT2D eigenvalue weighted by molar-refractivity contribution is -0.245. The minimum Gasteiger partial charge on any atom is -0.422 e. The van der Waals surface area contributed by atoms with E-state index in [2.05, 4.69) is 0 Å². The molecule has 0 bridgehead atoms. The third kappa shape index (κ3) is 1.05. The van der Waals surface area contributed by atoms with E-state index in [0.717, 1.165) is 6.42 Å². The molecule has 1 atom stereocenters. The SMILES string of the molecule is CCC1C(C)(C)C12C(=O)OC(C)(C)OC2=O. The summed E-state index contributed by atoms with van der Waals surface area (Å²) in [6, 6.07) is 0. The Labute approximate surface area is 95.3 Å². The van der Waals surface area contributed by atoms with E-state index in [1.165, 1.54) is 0 Å². The maximum Gasteiger partial charge on any atom is 0.327 e. The predicted octanol–water partition coefficient (Wildman–Crippen LogP) is 1.87. The van der Waals surface area contributed by atoms with Gasteiger partial charge >= 0.3 is 11.9 Å². The molecule has 16 heavy (non-hydrogen) atoms. The average Bonchev–Trinajstić information content (AvgIpc) is 2.58. The van der Waals surface area contributed by atoms with Crippen molar-refractivity contribution in [2.24, 2.45) is 16.7 Å². The summed E-state index contributed by atoms with van der Waals surface area (Å²) < 4.78 is 10.4. The second-order valence-electron chi connectivity index (χ2n) is 5.67. The zero-order chi connectivity index (χ0) is 12.4. The monoisotopic (exact) mass is 226 g/mol. The summed E-state index contributed by atoms with van der Waals surface area (Å²) in [7, 11) is 0. The molecule has 1 heterocycles. The molecule has 1 spiro atoms. The van der Waals surface area contributed by atoms with E-state index in [4.69, 9.17) is 9.47 Å². The number of carbonyl (C=O) groups excluding carboxylic acids is 2. The fourth-order valence-electron chi connectivity index (χ4n) is 3.21. The molecule has 1 unspecified atom stereocenters. The van der Waals surface area contributed by atoms with Crippen LogP contribution in [0.4, 0.5) is 0 Å². The molecule has 0 radical (unpaired) electrons. The van der Waals surface area contributed by atoms with E-state index in [0.29, 0.717) is 0 Å². The third-order valence-electron chi connectivity index (χ3n) is 4.06. The number of hydrogen-bond acceptors (Lipinski definition) is 4. The molecule has 1 aliphatic carbocycles. The largest absolute Gasteiger partial charge is 0.422 e. The van der Waals surface area contributed by atoms with Crippen molar-refractivity contribution in [2.45, 2.75) is 46.8 Å². The molecule has 2 fully saturated rings. The molecule has 0 aromatic heterocycles. The summed E-state index contributed by atoms with van der Waals surface area (Å²) in [6.45, 7) is 8.96. The van der Waals surface area contributed by atoms with Crippen molar-refractivity contribution in [1.82, 2.24) is 0 Å². The first-order chi connectivity index (χ1) is 7.20. The number of rotatable bonds is 1. The molecule has 0 amide bonds. The van der Waals surface area contributed by atoms with Crippen molar-refractivity contribution < 1.29 is 19.1 Å². The van der Waals surface area contributed by atoms with Crippen molar-refractivity contribution in [3.63, 3.8) is 0 Å². The molecule has 1 saturated carbocycles. The minimum atomic E-state index is -1.13. The standard InChI is InChI=1S/C12H18O4/c1-6-7-10(2,3)12(7)8(13)15-11(4,5)16-9(12)14/h7H,6H2,1-5H3. The van der Waals surface area contributed by atoms with Gasteiger partial charge in [-0.15, -0.1) is 0 Å². The molecule has 2 rings (SSSR count). The summed E-state index contributed by atoms with van der Waals surface area (Å²) in [5.41, 5.74) is -1.41. The summed E-state index contributed by atoms with van der Waals surface area (Å²) in [5.74, 6) is -1.96. The molecule has 4 heteroatoms. The van der Waals surface area contributed by atoms with Crippen LogP contribution in [0.15, 0.2) is 0 Å². The van der Waals surface area contributed by atoms with Gasteiger partial charge in [0, 0.05) is 13.8 Å². The summed E-state index contributed by atoms with van der Waals surface area (Å²) in [4.78, 5) is 24.1. The van der Waals surface area contributed by atoms with Gasteiger partial charge in [0.1, 0.15) is 0 Å². The zero-order valence-corrected chi connectivity index (χ0v) is 10.4. The van der Waals surface area contributed by atoms with Crippen molar-refractivity contribution in [3.8, 4) is 0 Å². The van der Waals surface area contributed by atoms with Gasteiger partial charge < -0.3 is 9.47 Å². The fourth-order valence-corrected chi connectivity index (χ4v) is 3.21. The second kappa shape index (κ2) is 2.79.